The number of benzene rings is 2. The highest BCUT2D eigenvalue weighted by Gasteiger charge is 2.17. The summed E-state index contributed by atoms with van der Waals surface area (Å²) in [6, 6.07) is 17.8. The number of thiophene rings is 2. The summed E-state index contributed by atoms with van der Waals surface area (Å²) in [7, 11) is 0. The lowest BCUT2D eigenvalue weighted by Crippen LogP contribution is -2.22. The number of halogens is 1. The molecular formula is C28H25ClN4O4S2. The summed E-state index contributed by atoms with van der Waals surface area (Å²) in [4.78, 5) is 37.6. The quantitative estimate of drug-likeness (QED) is 0.153. The molecule has 0 aliphatic carbocycles. The summed E-state index contributed by atoms with van der Waals surface area (Å²) in [5.74, 6) is -0.766. The van der Waals surface area contributed by atoms with Crippen molar-refractivity contribution in [1.29, 1.82) is 0 Å². The summed E-state index contributed by atoms with van der Waals surface area (Å²) in [5, 5.41) is 22.8. The Kier molecular flexibility index (Phi) is 9.13. The average Bonchev–Trinajstić information content (AvgIpc) is 3.58. The molecule has 0 saturated carbocycles. The first-order chi connectivity index (χ1) is 18.7. The van der Waals surface area contributed by atoms with Crippen LogP contribution in [0.2, 0.25) is 5.02 Å². The molecule has 0 bridgehead atoms. The van der Waals surface area contributed by atoms with Crippen molar-refractivity contribution in [3.05, 3.63) is 97.5 Å². The van der Waals surface area contributed by atoms with Gasteiger partial charge in [-0.25, -0.2) is 5.43 Å². The van der Waals surface area contributed by atoms with Gasteiger partial charge in [0, 0.05) is 30.4 Å². The minimum absolute atomic E-state index is 0.0790. The van der Waals surface area contributed by atoms with Crippen molar-refractivity contribution in [2.45, 2.75) is 26.9 Å². The second-order valence-electron chi connectivity index (χ2n) is 8.54. The Hall–Kier alpha value is -3.99. The molecule has 4 aromatic rings. The number of nitrogens with one attached hydrogen (secondary N) is 3. The van der Waals surface area contributed by atoms with Gasteiger partial charge in [-0.05, 0) is 47.9 Å². The number of hydrogen-bond acceptors (Lipinski definition) is 7. The Morgan fingerprint density at radius 2 is 1.44 bits per heavy atom. The van der Waals surface area contributed by atoms with Gasteiger partial charge >= 0.3 is 0 Å². The van der Waals surface area contributed by atoms with Crippen LogP contribution in [-0.4, -0.2) is 28.5 Å². The molecule has 0 unspecified atom stereocenters. The van der Waals surface area contributed by atoms with Crippen LogP contribution in [0.5, 0.6) is 5.75 Å². The van der Waals surface area contributed by atoms with Gasteiger partial charge in [0.05, 0.1) is 25.9 Å². The Morgan fingerprint density at radius 1 is 0.846 bits per heavy atom. The number of carbonyl (C=O) groups is 3. The van der Waals surface area contributed by atoms with E-state index in [1.807, 2.05) is 36.4 Å². The van der Waals surface area contributed by atoms with Crippen LogP contribution in [0.1, 0.15) is 49.9 Å². The summed E-state index contributed by atoms with van der Waals surface area (Å²) in [5.41, 5.74) is 6.14. The summed E-state index contributed by atoms with van der Waals surface area (Å²) >= 11 is 8.37. The van der Waals surface area contributed by atoms with Crippen LogP contribution in [0, 0.1) is 0 Å². The molecule has 0 aliphatic rings. The van der Waals surface area contributed by atoms with Gasteiger partial charge in [0.2, 0.25) is 5.91 Å². The molecule has 2 aromatic carbocycles. The van der Waals surface area contributed by atoms with E-state index in [4.69, 9.17) is 11.6 Å². The van der Waals surface area contributed by atoms with Crippen molar-refractivity contribution in [3.8, 4) is 16.2 Å². The van der Waals surface area contributed by atoms with E-state index < -0.39 is 5.91 Å². The number of nitrogens with zero attached hydrogens (tertiary/aromatic N) is 1. The van der Waals surface area contributed by atoms with Crippen molar-refractivity contribution < 1.29 is 19.5 Å². The highest BCUT2D eigenvalue weighted by molar-refractivity contribution is 7.16. The topological polar surface area (TPSA) is 120 Å². The average molecular weight is 581 g/mol. The summed E-state index contributed by atoms with van der Waals surface area (Å²) in [6.45, 7) is 3.93. The smallest absolute Gasteiger partial charge is 0.281 e. The maximum absolute atomic E-state index is 12.6. The molecule has 0 saturated heterocycles. The zero-order chi connectivity index (χ0) is 27.9. The van der Waals surface area contributed by atoms with Crippen molar-refractivity contribution in [1.82, 2.24) is 16.1 Å². The van der Waals surface area contributed by atoms with E-state index in [0.717, 1.165) is 28.0 Å². The monoisotopic (exact) mass is 580 g/mol. The summed E-state index contributed by atoms with van der Waals surface area (Å²) < 4.78 is 0. The second kappa shape index (κ2) is 12.7. The van der Waals surface area contributed by atoms with Gasteiger partial charge < -0.3 is 15.7 Å². The molecule has 2 aromatic heterocycles. The molecule has 3 amide bonds. The third-order valence-electron chi connectivity index (χ3n) is 5.66. The molecule has 2 heterocycles. The molecule has 8 nitrogen and oxygen atoms in total. The highest BCUT2D eigenvalue weighted by Crippen LogP contribution is 2.39. The minimum Gasteiger partial charge on any atom is -0.506 e. The zero-order valence-electron chi connectivity index (χ0n) is 21.1. The molecule has 0 spiro atoms. The van der Waals surface area contributed by atoms with Crippen LogP contribution < -0.4 is 16.1 Å². The van der Waals surface area contributed by atoms with Crippen LogP contribution in [0.25, 0.3) is 10.4 Å². The van der Waals surface area contributed by atoms with E-state index in [1.54, 1.807) is 36.6 Å². The van der Waals surface area contributed by atoms with Gasteiger partial charge in [0.25, 0.3) is 11.8 Å². The predicted octanol–water partition coefficient (Wildman–Crippen LogP) is 5.56. The standard InChI is InChI=1S/C28H25ClN4O4S2/c1-16(22-15-38-26(25(22)35)20-7-9-21(29)10-8-20)32-33-28(37)24-12-11-23(39-24)27(36)31-14-19-5-3-18(4-6-19)13-30-17(2)34/h3-12,15,35H,13-14H2,1-2H3,(H,30,34)(H,31,36)(H,33,37)/b32-16+. The van der Waals surface area contributed by atoms with Gasteiger partial charge in [-0.15, -0.1) is 22.7 Å². The van der Waals surface area contributed by atoms with E-state index in [2.05, 4.69) is 21.2 Å². The molecule has 0 aliphatic heterocycles. The normalized spacial score (nSPS) is 11.2. The number of carbonyl (C=O) groups excluding carboxylic acids is 3. The predicted molar refractivity (Wildman–Crippen MR) is 156 cm³/mol. The number of hydrogen-bond donors (Lipinski definition) is 4. The van der Waals surface area contributed by atoms with Crippen molar-refractivity contribution in [3.63, 3.8) is 0 Å². The van der Waals surface area contributed by atoms with Crippen LogP contribution in [-0.2, 0) is 17.9 Å². The number of amides is 3. The van der Waals surface area contributed by atoms with Gasteiger partial charge in [-0.2, -0.15) is 5.10 Å². The van der Waals surface area contributed by atoms with Crippen LogP contribution >= 0.6 is 34.3 Å². The Bertz CT molecular complexity index is 1530. The first-order valence-electron chi connectivity index (χ1n) is 11.8. The molecule has 0 fully saturated rings. The van der Waals surface area contributed by atoms with Gasteiger partial charge in [-0.3, -0.25) is 14.4 Å². The SMILES string of the molecule is CC(=O)NCc1ccc(CNC(=O)c2ccc(C(=O)N/N=C(\C)c3csc(-c4ccc(Cl)cc4)c3O)s2)cc1. The molecule has 0 radical (unpaired) electrons. The lowest BCUT2D eigenvalue weighted by atomic mass is 10.1. The minimum atomic E-state index is -0.458. The molecule has 200 valence electrons. The first kappa shape index (κ1) is 28.0. The number of rotatable bonds is 9. The Morgan fingerprint density at radius 3 is 2.05 bits per heavy atom. The van der Waals surface area contributed by atoms with Gasteiger partial charge in [-0.1, -0.05) is 48.0 Å². The lowest BCUT2D eigenvalue weighted by Gasteiger charge is -2.06. The molecule has 4 N–H and O–H groups in total. The fraction of sp³-hybridized carbons (Fsp3) is 0.143. The second-order valence-corrected chi connectivity index (χ2v) is 10.9. The molecular weight excluding hydrogens is 556 g/mol. The Labute approximate surface area is 238 Å². The fourth-order valence-corrected chi connectivity index (χ4v) is 5.47. The number of aromatic hydroxyl groups is 1. The van der Waals surface area contributed by atoms with Gasteiger partial charge in [0.1, 0.15) is 5.75 Å². The highest BCUT2D eigenvalue weighted by atomic mass is 35.5. The van der Waals surface area contributed by atoms with E-state index in [1.165, 1.54) is 18.3 Å². The maximum Gasteiger partial charge on any atom is 0.281 e. The van der Waals surface area contributed by atoms with E-state index in [0.29, 0.717) is 44.0 Å². The third kappa shape index (κ3) is 7.32. The summed E-state index contributed by atoms with van der Waals surface area (Å²) in [6.07, 6.45) is 0. The third-order valence-corrected chi connectivity index (χ3v) is 8.01. The van der Waals surface area contributed by atoms with Crippen molar-refractivity contribution in [2.75, 3.05) is 0 Å². The Balaban J connectivity index is 1.32. The zero-order valence-corrected chi connectivity index (χ0v) is 23.5. The van der Waals surface area contributed by atoms with Gasteiger partial charge in [0.15, 0.2) is 0 Å². The largest absolute Gasteiger partial charge is 0.506 e. The first-order valence-corrected chi connectivity index (χ1v) is 13.9. The number of hydrazone groups is 1. The lowest BCUT2D eigenvalue weighted by molar-refractivity contribution is -0.119. The van der Waals surface area contributed by atoms with Crippen molar-refractivity contribution in [2.24, 2.45) is 5.10 Å². The molecule has 0 atom stereocenters. The van der Waals surface area contributed by atoms with E-state index >= 15 is 0 Å². The molecule has 39 heavy (non-hydrogen) atoms. The van der Waals surface area contributed by atoms with Crippen LogP contribution in [0.15, 0.2) is 71.1 Å². The van der Waals surface area contributed by atoms with E-state index in [9.17, 15) is 19.5 Å². The van der Waals surface area contributed by atoms with Crippen molar-refractivity contribution >= 4 is 57.7 Å². The van der Waals surface area contributed by atoms with Crippen LogP contribution in [0.4, 0.5) is 0 Å². The molecule has 4 rings (SSSR count). The van der Waals surface area contributed by atoms with E-state index in [-0.39, 0.29) is 17.6 Å². The fourth-order valence-electron chi connectivity index (χ4n) is 3.52. The molecule has 11 heteroatoms. The maximum atomic E-state index is 12.6. The van der Waals surface area contributed by atoms with Crippen LogP contribution in [0.3, 0.4) is 0 Å².